The second kappa shape index (κ2) is 3.85. The van der Waals surface area contributed by atoms with E-state index >= 15 is 0 Å². The van der Waals surface area contributed by atoms with Gasteiger partial charge in [-0.3, -0.25) is 4.79 Å². The molecular formula is C17H15NO2. The molecule has 0 aliphatic carbocycles. The maximum absolute atomic E-state index is 13.0. The molecule has 3 heteroatoms. The Morgan fingerprint density at radius 2 is 1.80 bits per heavy atom. The van der Waals surface area contributed by atoms with E-state index in [1.165, 1.54) is 0 Å². The summed E-state index contributed by atoms with van der Waals surface area (Å²) in [7, 11) is 0. The number of hydrogen-bond acceptors (Lipinski definition) is 2. The van der Waals surface area contributed by atoms with E-state index in [9.17, 15) is 4.79 Å². The zero-order valence-electron chi connectivity index (χ0n) is 11.3. The number of benzene rings is 2. The molecule has 1 spiro atoms. The maximum atomic E-state index is 13.0. The lowest BCUT2D eigenvalue weighted by atomic mass is 9.77. The van der Waals surface area contributed by atoms with E-state index in [1.807, 2.05) is 60.4 Å². The van der Waals surface area contributed by atoms with Crippen molar-refractivity contribution < 1.29 is 9.53 Å². The lowest BCUT2D eigenvalue weighted by Crippen LogP contribution is -2.42. The SMILES string of the molecule is CCN1C(=O)C2(COc3ccccc32)c2ccccc21. The second-order valence-electron chi connectivity index (χ2n) is 5.26. The van der Waals surface area contributed by atoms with Crippen molar-refractivity contribution in [3.8, 4) is 5.75 Å². The monoisotopic (exact) mass is 265 g/mol. The van der Waals surface area contributed by atoms with Crippen molar-refractivity contribution >= 4 is 11.6 Å². The van der Waals surface area contributed by atoms with Gasteiger partial charge in [-0.1, -0.05) is 36.4 Å². The molecule has 1 amide bonds. The fourth-order valence-corrected chi connectivity index (χ4v) is 3.45. The summed E-state index contributed by atoms with van der Waals surface area (Å²) in [6, 6.07) is 15.9. The molecule has 0 saturated heterocycles. The van der Waals surface area contributed by atoms with Crippen LogP contribution >= 0.6 is 0 Å². The zero-order chi connectivity index (χ0) is 13.7. The molecule has 2 heterocycles. The standard InChI is InChI=1S/C17H15NO2/c1-2-18-14-9-5-3-7-12(14)17(16(18)19)11-20-15-10-6-4-8-13(15)17/h3-10H,2,11H2,1H3. The highest BCUT2D eigenvalue weighted by Gasteiger charge is 2.56. The van der Waals surface area contributed by atoms with Gasteiger partial charge in [-0.05, 0) is 24.6 Å². The summed E-state index contributed by atoms with van der Waals surface area (Å²) in [4.78, 5) is 14.9. The largest absolute Gasteiger partial charge is 0.491 e. The van der Waals surface area contributed by atoms with Crippen LogP contribution in [0.2, 0.25) is 0 Å². The molecule has 100 valence electrons. The molecule has 2 aromatic carbocycles. The number of carbonyl (C=O) groups excluding carboxylic acids is 1. The molecule has 2 aliphatic heterocycles. The lowest BCUT2D eigenvalue weighted by molar-refractivity contribution is -0.122. The number of anilines is 1. The van der Waals surface area contributed by atoms with Crippen LogP contribution in [-0.2, 0) is 10.2 Å². The van der Waals surface area contributed by atoms with E-state index in [1.54, 1.807) is 0 Å². The Balaban J connectivity index is 2.03. The van der Waals surface area contributed by atoms with Crippen LogP contribution in [0, 0.1) is 0 Å². The zero-order valence-corrected chi connectivity index (χ0v) is 11.3. The summed E-state index contributed by atoms with van der Waals surface area (Å²) in [5, 5.41) is 0. The average Bonchev–Trinajstić information content (AvgIpc) is 2.99. The van der Waals surface area contributed by atoms with Crippen LogP contribution in [0.25, 0.3) is 0 Å². The number of para-hydroxylation sites is 2. The Bertz CT molecular complexity index is 710. The summed E-state index contributed by atoms with van der Waals surface area (Å²) in [6.45, 7) is 3.09. The first-order chi connectivity index (χ1) is 9.79. The molecule has 4 rings (SSSR count). The van der Waals surface area contributed by atoms with E-state index in [-0.39, 0.29) is 5.91 Å². The molecule has 1 atom stereocenters. The van der Waals surface area contributed by atoms with Crippen molar-refractivity contribution in [1.29, 1.82) is 0 Å². The van der Waals surface area contributed by atoms with Crippen molar-refractivity contribution in [3.05, 3.63) is 59.7 Å². The van der Waals surface area contributed by atoms with E-state index in [0.29, 0.717) is 13.2 Å². The summed E-state index contributed by atoms with van der Waals surface area (Å²) < 4.78 is 5.81. The molecule has 0 aromatic heterocycles. The smallest absolute Gasteiger partial charge is 0.245 e. The molecule has 2 aliphatic rings. The minimum atomic E-state index is -0.650. The third-order valence-corrected chi connectivity index (χ3v) is 4.37. The fraction of sp³-hybridized carbons (Fsp3) is 0.235. The molecule has 1 unspecified atom stereocenters. The van der Waals surface area contributed by atoms with Crippen molar-refractivity contribution in [2.45, 2.75) is 12.3 Å². The Morgan fingerprint density at radius 1 is 1.10 bits per heavy atom. The Hall–Kier alpha value is -2.29. The Morgan fingerprint density at radius 3 is 2.60 bits per heavy atom. The number of amides is 1. The first-order valence-corrected chi connectivity index (χ1v) is 6.93. The van der Waals surface area contributed by atoms with Crippen molar-refractivity contribution in [3.63, 3.8) is 0 Å². The molecule has 0 fully saturated rings. The van der Waals surface area contributed by atoms with Gasteiger partial charge in [0, 0.05) is 17.8 Å². The number of hydrogen-bond donors (Lipinski definition) is 0. The minimum Gasteiger partial charge on any atom is -0.491 e. The van der Waals surface area contributed by atoms with Crippen LogP contribution in [0.15, 0.2) is 48.5 Å². The Labute approximate surface area is 117 Å². The van der Waals surface area contributed by atoms with Gasteiger partial charge in [0.05, 0.1) is 0 Å². The predicted octanol–water partition coefficient (Wildman–Crippen LogP) is 2.73. The summed E-state index contributed by atoms with van der Waals surface area (Å²) >= 11 is 0. The van der Waals surface area contributed by atoms with Gasteiger partial charge in [0.2, 0.25) is 5.91 Å². The van der Waals surface area contributed by atoms with Gasteiger partial charge in [0.1, 0.15) is 17.8 Å². The van der Waals surface area contributed by atoms with E-state index in [4.69, 9.17) is 4.74 Å². The number of fused-ring (bicyclic) bond motifs is 4. The van der Waals surface area contributed by atoms with Crippen LogP contribution in [0.3, 0.4) is 0 Å². The molecule has 0 radical (unpaired) electrons. The van der Waals surface area contributed by atoms with E-state index in [2.05, 4.69) is 0 Å². The van der Waals surface area contributed by atoms with Gasteiger partial charge >= 0.3 is 0 Å². The minimum absolute atomic E-state index is 0.131. The number of nitrogens with zero attached hydrogens (tertiary/aromatic N) is 1. The lowest BCUT2D eigenvalue weighted by Gasteiger charge is -2.22. The van der Waals surface area contributed by atoms with Crippen molar-refractivity contribution in [2.75, 3.05) is 18.1 Å². The number of likely N-dealkylation sites (N-methyl/N-ethyl adjacent to an activating group) is 1. The highest BCUT2D eigenvalue weighted by molar-refractivity contribution is 6.11. The Kier molecular flexibility index (Phi) is 2.22. The molecule has 0 bridgehead atoms. The molecule has 0 saturated carbocycles. The molecular weight excluding hydrogens is 250 g/mol. The van der Waals surface area contributed by atoms with Crippen LogP contribution < -0.4 is 9.64 Å². The third kappa shape index (κ3) is 1.18. The van der Waals surface area contributed by atoms with Crippen LogP contribution in [-0.4, -0.2) is 19.1 Å². The van der Waals surface area contributed by atoms with Crippen LogP contribution in [0.4, 0.5) is 5.69 Å². The fourth-order valence-electron chi connectivity index (χ4n) is 3.45. The summed E-state index contributed by atoms with van der Waals surface area (Å²) in [5.41, 5.74) is 2.42. The van der Waals surface area contributed by atoms with Gasteiger partial charge in [0.15, 0.2) is 0 Å². The summed E-state index contributed by atoms with van der Waals surface area (Å²) in [5.74, 6) is 0.958. The topological polar surface area (TPSA) is 29.5 Å². The first kappa shape index (κ1) is 11.5. The molecule has 0 N–H and O–H groups in total. The van der Waals surface area contributed by atoms with Crippen molar-refractivity contribution in [2.24, 2.45) is 0 Å². The second-order valence-corrected chi connectivity index (χ2v) is 5.26. The highest BCUT2D eigenvalue weighted by atomic mass is 16.5. The summed E-state index contributed by atoms with van der Waals surface area (Å²) in [6.07, 6.45) is 0. The van der Waals surface area contributed by atoms with Gasteiger partial charge in [0.25, 0.3) is 0 Å². The third-order valence-electron chi connectivity index (χ3n) is 4.37. The number of rotatable bonds is 1. The van der Waals surface area contributed by atoms with Gasteiger partial charge in [-0.15, -0.1) is 0 Å². The van der Waals surface area contributed by atoms with Gasteiger partial charge in [-0.2, -0.15) is 0 Å². The predicted molar refractivity (Wildman–Crippen MR) is 77.2 cm³/mol. The number of carbonyl (C=O) groups is 1. The van der Waals surface area contributed by atoms with E-state index < -0.39 is 5.41 Å². The van der Waals surface area contributed by atoms with E-state index in [0.717, 1.165) is 22.6 Å². The maximum Gasteiger partial charge on any atom is 0.245 e. The average molecular weight is 265 g/mol. The van der Waals surface area contributed by atoms with Crippen LogP contribution in [0.5, 0.6) is 5.75 Å². The van der Waals surface area contributed by atoms with Crippen molar-refractivity contribution in [1.82, 2.24) is 0 Å². The van der Waals surface area contributed by atoms with Gasteiger partial charge in [-0.25, -0.2) is 0 Å². The number of ether oxygens (including phenoxy) is 1. The van der Waals surface area contributed by atoms with Crippen LogP contribution in [0.1, 0.15) is 18.1 Å². The highest BCUT2D eigenvalue weighted by Crippen LogP contribution is 2.51. The molecule has 2 aromatic rings. The first-order valence-electron chi connectivity index (χ1n) is 6.93. The van der Waals surface area contributed by atoms with Gasteiger partial charge < -0.3 is 9.64 Å². The quantitative estimate of drug-likeness (QED) is 0.793. The normalized spacial score (nSPS) is 22.9. The molecule has 20 heavy (non-hydrogen) atoms. The molecule has 3 nitrogen and oxygen atoms in total.